The summed E-state index contributed by atoms with van der Waals surface area (Å²) < 4.78 is 14.6. The second-order valence-electron chi connectivity index (χ2n) is 10.8. The van der Waals surface area contributed by atoms with E-state index in [1.165, 1.54) is 0 Å². The van der Waals surface area contributed by atoms with Gasteiger partial charge < -0.3 is 19.4 Å². The van der Waals surface area contributed by atoms with Crippen molar-refractivity contribution in [3.63, 3.8) is 0 Å². The molecule has 0 amide bonds. The van der Waals surface area contributed by atoms with E-state index in [1.54, 1.807) is 18.0 Å². The van der Waals surface area contributed by atoms with Gasteiger partial charge in [-0.15, -0.1) is 0 Å². The molecular weight excluding hydrogens is 484 g/mol. The van der Waals surface area contributed by atoms with Gasteiger partial charge in [-0.3, -0.25) is 4.79 Å². The summed E-state index contributed by atoms with van der Waals surface area (Å²) in [6, 6.07) is 11.9. The topological polar surface area (TPSA) is 81.6 Å². The average molecular weight is 517 g/mol. The van der Waals surface area contributed by atoms with Crippen LogP contribution in [0.25, 0.3) is 10.9 Å². The van der Waals surface area contributed by atoms with Gasteiger partial charge in [0.25, 0.3) is 0 Å². The lowest BCUT2D eigenvalue weighted by Gasteiger charge is -2.35. The molecule has 1 aromatic heterocycles. The van der Waals surface area contributed by atoms with Crippen molar-refractivity contribution >= 4 is 28.6 Å². The second-order valence-corrected chi connectivity index (χ2v) is 11.9. The molecule has 3 aliphatic rings. The average Bonchev–Trinajstić information content (AvgIpc) is 3.30. The summed E-state index contributed by atoms with van der Waals surface area (Å²) in [7, 11) is 2.15. The van der Waals surface area contributed by atoms with Crippen LogP contribution in [0.1, 0.15) is 59.4 Å². The summed E-state index contributed by atoms with van der Waals surface area (Å²) in [6.45, 7) is 9.69. The van der Waals surface area contributed by atoms with Crippen molar-refractivity contribution in [3.8, 4) is 11.8 Å². The standard InChI is InChI=1S/C29H32N4O3S/c1-29(2)22-16-24(36-19-6-12-35-13-7-19)25(37-33-10-8-32(3)9-11-33)15-21(22)27(34)26-20-5-4-18(17-30)14-23(20)31-28(26)29/h4-5,14-16,19,31H,6-13H2,1-3H3. The van der Waals surface area contributed by atoms with Crippen molar-refractivity contribution in [2.24, 2.45) is 0 Å². The number of likely N-dealkylation sites (N-methyl/N-ethyl adjacent to an activating group) is 1. The van der Waals surface area contributed by atoms with E-state index in [4.69, 9.17) is 9.47 Å². The van der Waals surface area contributed by atoms with Crippen molar-refractivity contribution in [2.45, 2.75) is 43.1 Å². The Labute approximate surface area is 221 Å². The molecule has 192 valence electrons. The molecule has 0 atom stereocenters. The maximum Gasteiger partial charge on any atom is 0.195 e. The summed E-state index contributed by atoms with van der Waals surface area (Å²) in [5.41, 5.74) is 4.28. The zero-order valence-electron chi connectivity index (χ0n) is 21.6. The Bertz CT molecular complexity index is 1410. The lowest BCUT2D eigenvalue weighted by molar-refractivity contribution is 0.0244. The van der Waals surface area contributed by atoms with Gasteiger partial charge in [-0.25, -0.2) is 4.31 Å². The molecule has 0 bridgehead atoms. The van der Waals surface area contributed by atoms with Gasteiger partial charge >= 0.3 is 0 Å². The number of nitrogens with zero attached hydrogens (tertiary/aromatic N) is 3. The van der Waals surface area contributed by atoms with E-state index in [0.717, 1.165) is 77.4 Å². The number of H-pyrrole nitrogens is 1. The highest BCUT2D eigenvalue weighted by atomic mass is 32.2. The smallest absolute Gasteiger partial charge is 0.195 e. The van der Waals surface area contributed by atoms with Crippen LogP contribution >= 0.6 is 11.9 Å². The predicted octanol–water partition coefficient (Wildman–Crippen LogP) is 4.72. The van der Waals surface area contributed by atoms with Gasteiger partial charge in [0, 0.05) is 66.6 Å². The minimum atomic E-state index is -0.435. The van der Waals surface area contributed by atoms with E-state index in [9.17, 15) is 10.1 Å². The lowest BCUT2D eigenvalue weighted by atomic mass is 9.71. The first-order chi connectivity index (χ1) is 17.8. The molecule has 0 saturated carbocycles. The number of nitrogens with one attached hydrogen (secondary N) is 1. The molecule has 6 rings (SSSR count). The molecule has 8 heteroatoms. The molecule has 37 heavy (non-hydrogen) atoms. The van der Waals surface area contributed by atoms with Crippen LogP contribution in [0, 0.1) is 11.3 Å². The molecule has 3 aromatic rings. The summed E-state index contributed by atoms with van der Waals surface area (Å²) >= 11 is 1.70. The van der Waals surface area contributed by atoms with Crippen molar-refractivity contribution in [1.82, 2.24) is 14.2 Å². The molecule has 0 radical (unpaired) electrons. The highest BCUT2D eigenvalue weighted by Gasteiger charge is 2.41. The van der Waals surface area contributed by atoms with Gasteiger partial charge in [-0.2, -0.15) is 5.26 Å². The summed E-state index contributed by atoms with van der Waals surface area (Å²) in [5, 5.41) is 10.2. The Hall–Kier alpha value is -2.83. The monoisotopic (exact) mass is 516 g/mol. The number of aromatic amines is 1. The van der Waals surface area contributed by atoms with Crippen LogP contribution in [0.2, 0.25) is 0 Å². The first kappa shape index (κ1) is 24.5. The molecule has 2 aromatic carbocycles. The van der Waals surface area contributed by atoms with Crippen molar-refractivity contribution in [2.75, 3.05) is 46.4 Å². The quantitative estimate of drug-likeness (QED) is 0.503. The zero-order chi connectivity index (χ0) is 25.7. The van der Waals surface area contributed by atoms with Crippen LogP contribution < -0.4 is 4.74 Å². The van der Waals surface area contributed by atoms with Crippen LogP contribution in [-0.4, -0.2) is 72.5 Å². The zero-order valence-corrected chi connectivity index (χ0v) is 22.4. The van der Waals surface area contributed by atoms with Crippen molar-refractivity contribution < 1.29 is 14.3 Å². The highest BCUT2D eigenvalue weighted by Crippen LogP contribution is 2.47. The number of carbonyl (C=O) groups is 1. The number of ether oxygens (including phenoxy) is 2. The van der Waals surface area contributed by atoms with Crippen LogP contribution in [0.5, 0.6) is 5.75 Å². The van der Waals surface area contributed by atoms with Crippen LogP contribution in [0.15, 0.2) is 35.2 Å². The van der Waals surface area contributed by atoms with Gasteiger partial charge in [0.05, 0.1) is 35.3 Å². The maximum absolute atomic E-state index is 14.0. The number of ketones is 1. The Morgan fingerprint density at radius 2 is 1.89 bits per heavy atom. The molecule has 1 N–H and O–H groups in total. The SMILES string of the molecule is CN1CCN(Sc2cc3c(cc2OC2CCOCC2)C(C)(C)c2[nH]c4cc(C#N)ccc4c2C3=O)CC1. The molecule has 0 spiro atoms. The van der Waals surface area contributed by atoms with Crippen LogP contribution in [0.3, 0.4) is 0 Å². The number of fused-ring (bicyclic) bond motifs is 4. The van der Waals surface area contributed by atoms with E-state index in [1.807, 2.05) is 12.1 Å². The Morgan fingerprint density at radius 1 is 1.14 bits per heavy atom. The van der Waals surface area contributed by atoms with E-state index in [-0.39, 0.29) is 11.9 Å². The van der Waals surface area contributed by atoms with Crippen LogP contribution in [0.4, 0.5) is 0 Å². The lowest BCUT2D eigenvalue weighted by Crippen LogP contribution is -2.41. The van der Waals surface area contributed by atoms with Gasteiger partial charge in [0.2, 0.25) is 0 Å². The largest absolute Gasteiger partial charge is 0.489 e. The highest BCUT2D eigenvalue weighted by molar-refractivity contribution is 7.97. The number of hydrogen-bond acceptors (Lipinski definition) is 7. The van der Waals surface area contributed by atoms with Gasteiger partial charge in [0.1, 0.15) is 11.9 Å². The fourth-order valence-electron chi connectivity index (χ4n) is 5.66. The maximum atomic E-state index is 14.0. The summed E-state index contributed by atoms with van der Waals surface area (Å²) in [6.07, 6.45) is 1.84. The molecular formula is C29H32N4O3S. The first-order valence-corrected chi connectivity index (χ1v) is 13.8. The number of carbonyl (C=O) groups excluding carboxylic acids is 1. The van der Waals surface area contributed by atoms with E-state index >= 15 is 0 Å². The molecule has 3 heterocycles. The number of aromatic nitrogens is 1. The fraction of sp³-hybridized carbons (Fsp3) is 0.448. The molecule has 2 fully saturated rings. The van der Waals surface area contributed by atoms with Crippen LogP contribution in [-0.2, 0) is 10.2 Å². The van der Waals surface area contributed by atoms with E-state index in [0.29, 0.717) is 24.3 Å². The normalized spacial score (nSPS) is 20.4. The van der Waals surface area contributed by atoms with Gasteiger partial charge in [0.15, 0.2) is 5.78 Å². The van der Waals surface area contributed by atoms with Crippen molar-refractivity contribution in [1.29, 1.82) is 5.26 Å². The fourth-order valence-corrected chi connectivity index (χ4v) is 6.65. The van der Waals surface area contributed by atoms with Gasteiger partial charge in [-0.1, -0.05) is 19.9 Å². The molecule has 1 aliphatic carbocycles. The summed E-state index contributed by atoms with van der Waals surface area (Å²) in [5.74, 6) is 0.875. The second kappa shape index (κ2) is 9.48. The van der Waals surface area contributed by atoms with Gasteiger partial charge in [-0.05, 0) is 48.8 Å². The third kappa shape index (κ3) is 4.34. The van der Waals surface area contributed by atoms with E-state index < -0.39 is 5.41 Å². The minimum Gasteiger partial charge on any atom is -0.489 e. The third-order valence-electron chi connectivity index (χ3n) is 7.93. The Balaban J connectivity index is 1.45. The predicted molar refractivity (Wildman–Crippen MR) is 144 cm³/mol. The number of benzene rings is 2. The molecule has 2 saturated heterocycles. The molecule has 7 nitrogen and oxygen atoms in total. The number of hydrogen-bond donors (Lipinski definition) is 1. The molecule has 2 aliphatic heterocycles. The summed E-state index contributed by atoms with van der Waals surface area (Å²) in [4.78, 5) is 20.9. The third-order valence-corrected chi connectivity index (χ3v) is 9.07. The van der Waals surface area contributed by atoms with Crippen molar-refractivity contribution in [3.05, 3.63) is 58.3 Å². The van der Waals surface area contributed by atoms with E-state index in [2.05, 4.69) is 53.3 Å². The Morgan fingerprint density at radius 3 is 2.62 bits per heavy atom. The minimum absolute atomic E-state index is 0.0260. The number of nitriles is 1. The first-order valence-electron chi connectivity index (χ1n) is 13.0. The number of rotatable bonds is 4. The number of piperazine rings is 1. The molecule has 0 unspecified atom stereocenters. The Kier molecular flexibility index (Phi) is 6.28.